The number of amides is 1. The Morgan fingerprint density at radius 1 is 1.25 bits per heavy atom. The highest BCUT2D eigenvalue weighted by Crippen LogP contribution is 2.32. The van der Waals surface area contributed by atoms with Gasteiger partial charge in [-0.1, -0.05) is 18.2 Å². The molecule has 1 aromatic heterocycles. The number of H-pyrrole nitrogens is 1. The molecule has 1 aliphatic rings. The molecule has 28 heavy (non-hydrogen) atoms. The van der Waals surface area contributed by atoms with Gasteiger partial charge >= 0.3 is 0 Å². The molecule has 0 aliphatic heterocycles. The molecule has 1 atom stereocenters. The molecule has 0 spiro atoms. The van der Waals surface area contributed by atoms with Crippen LogP contribution < -0.4 is 5.32 Å². The Bertz CT molecular complexity index is 1070. The Balaban J connectivity index is 1.54. The van der Waals surface area contributed by atoms with E-state index in [1.165, 1.54) is 6.07 Å². The first-order valence-electron chi connectivity index (χ1n) is 9.12. The molecule has 0 saturated carbocycles. The number of benzene rings is 2. The molecule has 7 heteroatoms. The van der Waals surface area contributed by atoms with Crippen LogP contribution in [0.4, 0.5) is 8.78 Å². The zero-order chi connectivity index (χ0) is 19.7. The Morgan fingerprint density at radius 3 is 2.82 bits per heavy atom. The highest BCUT2D eigenvalue weighted by atomic mass is 32.1. The van der Waals surface area contributed by atoms with Crippen LogP contribution in [-0.4, -0.2) is 15.5 Å². The average molecular weight is 399 g/mol. The van der Waals surface area contributed by atoms with E-state index in [1.807, 2.05) is 22.8 Å². The number of fused-ring (bicyclic) bond motifs is 1. The van der Waals surface area contributed by atoms with Crippen LogP contribution in [-0.2, 0) is 19.4 Å². The molecule has 1 aliphatic carbocycles. The predicted octanol–water partition coefficient (Wildman–Crippen LogP) is 4.48. The van der Waals surface area contributed by atoms with Crippen molar-refractivity contribution in [1.82, 2.24) is 14.9 Å². The average Bonchev–Trinajstić information content (AvgIpc) is 3.06. The second-order valence-electron chi connectivity index (χ2n) is 6.93. The van der Waals surface area contributed by atoms with Gasteiger partial charge < -0.3 is 14.9 Å². The molecule has 3 aromatic rings. The Labute approximate surface area is 166 Å². The van der Waals surface area contributed by atoms with Gasteiger partial charge in [0.15, 0.2) is 4.77 Å². The fourth-order valence-corrected chi connectivity index (χ4v) is 4.14. The number of carbonyl (C=O) groups is 1. The maximum absolute atomic E-state index is 14.0. The number of nitrogens with zero attached hydrogens (tertiary/aromatic N) is 1. The van der Waals surface area contributed by atoms with Crippen molar-refractivity contribution in [2.75, 3.05) is 0 Å². The summed E-state index contributed by atoms with van der Waals surface area (Å²) in [4.78, 5) is 15.3. The van der Waals surface area contributed by atoms with Crippen LogP contribution in [0.2, 0.25) is 0 Å². The van der Waals surface area contributed by atoms with Crippen molar-refractivity contribution in [3.8, 4) is 0 Å². The molecule has 4 rings (SSSR count). The maximum atomic E-state index is 14.0. The number of nitrogens with one attached hydrogen (secondary N) is 2. The SMILES string of the molecule is O=C(NCc1c[nH]c(=S)n1C1CCc2c(F)cc(F)cc2C1)c1ccccc1. The monoisotopic (exact) mass is 399 g/mol. The lowest BCUT2D eigenvalue weighted by Crippen LogP contribution is -2.27. The zero-order valence-corrected chi connectivity index (χ0v) is 15.9. The molecule has 2 aromatic carbocycles. The standard InChI is InChI=1S/C21H19F2N3OS/c22-15-8-14-9-16(6-7-18(14)19(23)10-15)26-17(12-25-21(26)28)11-24-20(27)13-4-2-1-3-5-13/h1-5,8,10,12,16H,6-7,9,11H2,(H,24,27)(H,25,28). The van der Waals surface area contributed by atoms with Crippen LogP contribution >= 0.6 is 12.2 Å². The lowest BCUT2D eigenvalue weighted by Gasteiger charge is -2.27. The number of rotatable bonds is 4. The maximum Gasteiger partial charge on any atom is 0.251 e. The van der Waals surface area contributed by atoms with Gasteiger partial charge in [0.25, 0.3) is 5.91 Å². The summed E-state index contributed by atoms with van der Waals surface area (Å²) in [6, 6.07) is 11.3. The van der Waals surface area contributed by atoms with E-state index in [1.54, 1.807) is 18.3 Å². The van der Waals surface area contributed by atoms with Crippen molar-refractivity contribution < 1.29 is 13.6 Å². The smallest absolute Gasteiger partial charge is 0.251 e. The van der Waals surface area contributed by atoms with Crippen molar-refractivity contribution in [2.45, 2.75) is 31.8 Å². The number of halogens is 2. The number of carbonyl (C=O) groups excluding carboxylic acids is 1. The normalized spacial score (nSPS) is 15.9. The summed E-state index contributed by atoms with van der Waals surface area (Å²) in [7, 11) is 0. The molecular formula is C21H19F2N3OS. The summed E-state index contributed by atoms with van der Waals surface area (Å²) in [6.07, 6.45) is 3.49. The summed E-state index contributed by atoms with van der Waals surface area (Å²) in [5.74, 6) is -1.22. The van der Waals surface area contributed by atoms with E-state index in [4.69, 9.17) is 12.2 Å². The van der Waals surface area contributed by atoms with Gasteiger partial charge in [0.2, 0.25) is 0 Å². The Morgan fingerprint density at radius 2 is 2.04 bits per heavy atom. The van der Waals surface area contributed by atoms with Crippen molar-refractivity contribution in [3.63, 3.8) is 0 Å². The minimum absolute atomic E-state index is 0.0175. The molecular weight excluding hydrogens is 380 g/mol. The van der Waals surface area contributed by atoms with Gasteiger partial charge in [-0.25, -0.2) is 8.78 Å². The highest BCUT2D eigenvalue weighted by molar-refractivity contribution is 7.71. The zero-order valence-electron chi connectivity index (χ0n) is 15.0. The van der Waals surface area contributed by atoms with Gasteiger partial charge in [-0.2, -0.15) is 0 Å². The van der Waals surface area contributed by atoms with E-state index in [2.05, 4.69) is 10.3 Å². The number of aromatic nitrogens is 2. The summed E-state index contributed by atoms with van der Waals surface area (Å²) in [6.45, 7) is 0.307. The third kappa shape index (κ3) is 3.62. The molecule has 144 valence electrons. The van der Waals surface area contributed by atoms with Gasteiger partial charge in [0.1, 0.15) is 11.6 Å². The molecule has 1 unspecified atom stereocenters. The molecule has 0 radical (unpaired) electrons. The molecule has 0 bridgehead atoms. The Kier molecular flexibility index (Phi) is 5.09. The predicted molar refractivity (Wildman–Crippen MR) is 105 cm³/mol. The van der Waals surface area contributed by atoms with E-state index in [0.717, 1.165) is 11.8 Å². The van der Waals surface area contributed by atoms with E-state index in [0.29, 0.717) is 47.3 Å². The van der Waals surface area contributed by atoms with Crippen LogP contribution in [0.5, 0.6) is 0 Å². The summed E-state index contributed by atoms with van der Waals surface area (Å²) in [5.41, 5.74) is 2.68. The van der Waals surface area contributed by atoms with Gasteiger partial charge in [-0.05, 0) is 60.8 Å². The number of hydrogen-bond acceptors (Lipinski definition) is 2. The van der Waals surface area contributed by atoms with E-state index in [9.17, 15) is 13.6 Å². The first-order chi connectivity index (χ1) is 13.5. The molecule has 1 heterocycles. The van der Waals surface area contributed by atoms with Crippen LogP contribution in [0.15, 0.2) is 48.7 Å². The number of aromatic amines is 1. The van der Waals surface area contributed by atoms with Crippen LogP contribution in [0, 0.1) is 16.4 Å². The molecule has 0 fully saturated rings. The third-order valence-electron chi connectivity index (χ3n) is 5.16. The lowest BCUT2D eigenvalue weighted by atomic mass is 9.87. The van der Waals surface area contributed by atoms with Crippen molar-refractivity contribution >= 4 is 18.1 Å². The largest absolute Gasteiger partial charge is 0.346 e. The summed E-state index contributed by atoms with van der Waals surface area (Å²) >= 11 is 5.42. The third-order valence-corrected chi connectivity index (χ3v) is 5.47. The van der Waals surface area contributed by atoms with Crippen molar-refractivity contribution in [2.24, 2.45) is 0 Å². The number of hydrogen-bond donors (Lipinski definition) is 2. The van der Waals surface area contributed by atoms with Crippen LogP contribution in [0.1, 0.15) is 39.6 Å². The second kappa shape index (κ2) is 7.67. The minimum Gasteiger partial charge on any atom is -0.346 e. The number of imidazole rings is 1. The molecule has 2 N–H and O–H groups in total. The summed E-state index contributed by atoms with van der Waals surface area (Å²) < 4.78 is 30.1. The quantitative estimate of drug-likeness (QED) is 0.636. The Hall–Kier alpha value is -2.80. The van der Waals surface area contributed by atoms with Crippen LogP contribution in [0.3, 0.4) is 0 Å². The molecule has 4 nitrogen and oxygen atoms in total. The highest BCUT2D eigenvalue weighted by Gasteiger charge is 2.25. The van der Waals surface area contributed by atoms with Crippen molar-refractivity contribution in [1.29, 1.82) is 0 Å². The lowest BCUT2D eigenvalue weighted by molar-refractivity contribution is 0.0949. The first-order valence-corrected chi connectivity index (χ1v) is 9.52. The van der Waals surface area contributed by atoms with Gasteiger partial charge in [0, 0.05) is 23.9 Å². The van der Waals surface area contributed by atoms with E-state index in [-0.39, 0.29) is 11.9 Å². The van der Waals surface area contributed by atoms with Crippen molar-refractivity contribution in [3.05, 3.63) is 87.5 Å². The van der Waals surface area contributed by atoms with E-state index < -0.39 is 11.6 Å². The van der Waals surface area contributed by atoms with Crippen LogP contribution in [0.25, 0.3) is 0 Å². The van der Waals surface area contributed by atoms with Gasteiger partial charge in [0.05, 0.1) is 12.2 Å². The fraction of sp³-hybridized carbons (Fsp3) is 0.238. The van der Waals surface area contributed by atoms with Gasteiger partial charge in [-0.3, -0.25) is 4.79 Å². The summed E-state index contributed by atoms with van der Waals surface area (Å²) in [5, 5.41) is 2.90. The van der Waals surface area contributed by atoms with E-state index >= 15 is 0 Å². The topological polar surface area (TPSA) is 49.8 Å². The second-order valence-corrected chi connectivity index (χ2v) is 7.31. The first kappa shape index (κ1) is 18.6. The minimum atomic E-state index is -0.565. The molecule has 1 amide bonds. The van der Waals surface area contributed by atoms with Gasteiger partial charge in [-0.15, -0.1) is 0 Å². The fourth-order valence-electron chi connectivity index (χ4n) is 3.82. The molecule has 0 saturated heterocycles.